The van der Waals surface area contributed by atoms with Gasteiger partial charge in [0, 0.05) is 49.6 Å². The molecule has 5 heterocycles. The highest BCUT2D eigenvalue weighted by Gasteiger charge is 2.25. The average molecular weight is 511 g/mol. The maximum atomic E-state index is 6.31. The van der Waals surface area contributed by atoms with Gasteiger partial charge in [0.15, 0.2) is 5.75 Å². The van der Waals surface area contributed by atoms with Crippen molar-refractivity contribution in [1.29, 1.82) is 0 Å². The van der Waals surface area contributed by atoms with Crippen molar-refractivity contribution in [2.45, 2.75) is 32.2 Å². The van der Waals surface area contributed by atoms with Crippen LogP contribution in [0.3, 0.4) is 0 Å². The molecule has 36 heavy (non-hydrogen) atoms. The van der Waals surface area contributed by atoms with E-state index in [1.165, 1.54) is 0 Å². The number of rotatable bonds is 10. The number of ether oxygens (including phenoxy) is 2. The summed E-state index contributed by atoms with van der Waals surface area (Å²) in [4.78, 5) is 11.1. The van der Waals surface area contributed by atoms with Gasteiger partial charge in [0.05, 0.1) is 24.9 Å². The van der Waals surface area contributed by atoms with Gasteiger partial charge in [-0.1, -0.05) is 11.6 Å². The quantitative estimate of drug-likeness (QED) is 0.256. The van der Waals surface area contributed by atoms with Gasteiger partial charge in [0.25, 0.3) is 0 Å². The molecule has 1 fully saturated rings. The van der Waals surface area contributed by atoms with E-state index in [1.54, 1.807) is 16.8 Å². The number of pyridine rings is 1. The summed E-state index contributed by atoms with van der Waals surface area (Å²) in [5, 5.41) is 9.16. The average Bonchev–Trinajstić information content (AvgIpc) is 3.53. The van der Waals surface area contributed by atoms with Crippen LogP contribution in [0.5, 0.6) is 5.75 Å². The Morgan fingerprint density at radius 2 is 2.08 bits per heavy atom. The Hall–Kier alpha value is -3.21. The number of hydrogen-bond acceptors (Lipinski definition) is 8. The number of halogens is 1. The highest BCUT2D eigenvalue weighted by molar-refractivity contribution is 6.29. The van der Waals surface area contributed by atoms with E-state index in [0.29, 0.717) is 43.3 Å². The summed E-state index contributed by atoms with van der Waals surface area (Å²) in [6, 6.07) is 7.99. The molecule has 4 aromatic rings. The predicted octanol–water partition coefficient (Wildman–Crippen LogP) is 3.17. The third-order valence-corrected chi connectivity index (χ3v) is 6.65. The number of nitrogen functional groups attached to an aromatic ring is 1. The topological polar surface area (TPSA) is 109 Å². The lowest BCUT2D eigenvalue weighted by molar-refractivity contribution is 0.0896. The van der Waals surface area contributed by atoms with Gasteiger partial charge < -0.3 is 15.2 Å². The van der Waals surface area contributed by atoms with Gasteiger partial charge in [-0.05, 0) is 44.5 Å². The molecule has 0 aliphatic carbocycles. The minimum atomic E-state index is 0.345. The van der Waals surface area contributed by atoms with E-state index in [0.717, 1.165) is 60.0 Å². The van der Waals surface area contributed by atoms with E-state index in [1.807, 2.05) is 43.0 Å². The zero-order chi connectivity index (χ0) is 25.1. The van der Waals surface area contributed by atoms with Gasteiger partial charge in [0.2, 0.25) is 0 Å². The van der Waals surface area contributed by atoms with Crippen LogP contribution in [0.2, 0.25) is 5.15 Å². The van der Waals surface area contributed by atoms with E-state index >= 15 is 0 Å². The molecule has 0 saturated carbocycles. The molecule has 0 radical (unpaired) electrons. The number of fused-ring (bicyclic) bond motifs is 1. The molecule has 0 spiro atoms. The summed E-state index contributed by atoms with van der Waals surface area (Å²) < 4.78 is 15.8. The Morgan fingerprint density at radius 1 is 1.19 bits per heavy atom. The predicted molar refractivity (Wildman–Crippen MR) is 138 cm³/mol. The van der Waals surface area contributed by atoms with Gasteiger partial charge in [0.1, 0.15) is 29.1 Å². The highest BCUT2D eigenvalue weighted by atomic mass is 35.5. The highest BCUT2D eigenvalue weighted by Crippen LogP contribution is 2.31. The lowest BCUT2D eigenvalue weighted by Crippen LogP contribution is -2.36. The first-order valence-corrected chi connectivity index (χ1v) is 12.6. The molecule has 1 saturated heterocycles. The smallest absolute Gasteiger partial charge is 0.165 e. The lowest BCUT2D eigenvalue weighted by Gasteiger charge is -2.24. The van der Waals surface area contributed by atoms with Crippen LogP contribution in [0.4, 0.5) is 5.82 Å². The maximum Gasteiger partial charge on any atom is 0.165 e. The van der Waals surface area contributed by atoms with E-state index in [4.69, 9.17) is 26.8 Å². The Labute approximate surface area is 215 Å². The number of hydrogen-bond donors (Lipinski definition) is 1. The Bertz CT molecular complexity index is 1320. The van der Waals surface area contributed by atoms with Crippen molar-refractivity contribution in [3.8, 4) is 17.0 Å². The number of nitrogens with zero attached hydrogens (tertiary/aromatic N) is 7. The molecule has 1 aliphatic rings. The minimum Gasteiger partial charge on any atom is -0.488 e. The van der Waals surface area contributed by atoms with Crippen molar-refractivity contribution >= 4 is 22.9 Å². The van der Waals surface area contributed by atoms with Crippen LogP contribution < -0.4 is 10.5 Å². The molecule has 4 aromatic heterocycles. The normalized spacial score (nSPS) is 16.2. The molecular formula is C25H31ClN8O2. The number of aryl methyl sites for hydroxylation is 2. The molecule has 1 atom stereocenters. The Morgan fingerprint density at radius 3 is 2.94 bits per heavy atom. The zero-order valence-electron chi connectivity index (χ0n) is 20.6. The van der Waals surface area contributed by atoms with Crippen LogP contribution in [0.15, 0.2) is 36.7 Å². The van der Waals surface area contributed by atoms with E-state index in [2.05, 4.69) is 25.1 Å². The van der Waals surface area contributed by atoms with E-state index < -0.39 is 0 Å². The third-order valence-electron chi connectivity index (χ3n) is 6.45. The Balaban J connectivity index is 1.14. The molecule has 2 N–H and O–H groups in total. The molecule has 0 bridgehead atoms. The molecule has 10 nitrogen and oxygen atoms in total. The van der Waals surface area contributed by atoms with Crippen LogP contribution in [-0.4, -0.2) is 73.2 Å². The largest absolute Gasteiger partial charge is 0.488 e. The summed E-state index contributed by atoms with van der Waals surface area (Å²) in [6.07, 6.45) is 6.59. The van der Waals surface area contributed by atoms with Crippen LogP contribution in [0, 0.1) is 6.92 Å². The minimum absolute atomic E-state index is 0.345. The van der Waals surface area contributed by atoms with Gasteiger partial charge >= 0.3 is 0 Å². The molecular weight excluding hydrogens is 480 g/mol. The van der Waals surface area contributed by atoms with Gasteiger partial charge in [-0.2, -0.15) is 10.2 Å². The molecule has 0 unspecified atom stereocenters. The number of anilines is 1. The monoisotopic (exact) mass is 510 g/mol. The fourth-order valence-corrected chi connectivity index (χ4v) is 4.98. The van der Waals surface area contributed by atoms with Crippen molar-refractivity contribution in [3.63, 3.8) is 0 Å². The van der Waals surface area contributed by atoms with Crippen LogP contribution in [-0.2, 0) is 18.2 Å². The Kier molecular flexibility index (Phi) is 7.35. The van der Waals surface area contributed by atoms with Crippen LogP contribution in [0.25, 0.3) is 16.8 Å². The SMILES string of the molecule is Cc1cc(Cl)nc(CCOCCN2CCC[C@@H]2COc2cnn(C)c2-c2ccn3nc(N)cc3c2)n1. The van der Waals surface area contributed by atoms with Crippen LogP contribution in [0.1, 0.15) is 24.4 Å². The first kappa shape index (κ1) is 24.5. The molecule has 190 valence electrons. The molecule has 11 heteroatoms. The first-order chi connectivity index (χ1) is 17.5. The van der Waals surface area contributed by atoms with Gasteiger partial charge in [-0.25, -0.2) is 14.5 Å². The molecule has 1 aliphatic heterocycles. The zero-order valence-corrected chi connectivity index (χ0v) is 21.4. The van der Waals surface area contributed by atoms with Gasteiger partial charge in [-0.3, -0.25) is 9.58 Å². The number of nitrogens with two attached hydrogens (primary N) is 1. The van der Waals surface area contributed by atoms with Crippen molar-refractivity contribution in [2.75, 3.05) is 38.6 Å². The fourth-order valence-electron chi connectivity index (χ4n) is 4.73. The second kappa shape index (κ2) is 10.8. The second-order valence-corrected chi connectivity index (χ2v) is 9.48. The van der Waals surface area contributed by atoms with E-state index in [-0.39, 0.29) is 0 Å². The lowest BCUT2D eigenvalue weighted by atomic mass is 10.1. The number of aromatic nitrogens is 6. The maximum absolute atomic E-state index is 6.31. The summed E-state index contributed by atoms with van der Waals surface area (Å²) in [6.45, 7) is 5.66. The van der Waals surface area contributed by atoms with Crippen molar-refractivity contribution in [3.05, 3.63) is 53.3 Å². The van der Waals surface area contributed by atoms with Crippen molar-refractivity contribution in [1.82, 2.24) is 34.3 Å². The molecule has 5 rings (SSSR count). The van der Waals surface area contributed by atoms with Crippen molar-refractivity contribution < 1.29 is 9.47 Å². The second-order valence-electron chi connectivity index (χ2n) is 9.09. The summed E-state index contributed by atoms with van der Waals surface area (Å²) in [5.41, 5.74) is 9.58. The van der Waals surface area contributed by atoms with E-state index in [9.17, 15) is 0 Å². The van der Waals surface area contributed by atoms with Crippen molar-refractivity contribution in [2.24, 2.45) is 7.05 Å². The molecule has 0 amide bonds. The molecule has 0 aromatic carbocycles. The first-order valence-electron chi connectivity index (χ1n) is 12.2. The fraction of sp³-hybridized carbons (Fsp3) is 0.440. The summed E-state index contributed by atoms with van der Waals surface area (Å²) >= 11 is 6.01. The standard InChI is InChI=1S/C25H31ClN8O2/c1-17-12-22(26)30-24(29-17)6-10-35-11-9-33-7-3-4-19(33)16-36-21-15-28-32(2)25(21)18-5-8-34-20(13-18)14-23(27)31-34/h5,8,12-15,19H,3-4,6-7,9-11,16H2,1-2H3,(H2,27,31)/t19-/m1/s1. The van der Waals surface area contributed by atoms with Crippen LogP contribution >= 0.6 is 11.6 Å². The van der Waals surface area contributed by atoms with Gasteiger partial charge in [-0.15, -0.1) is 0 Å². The summed E-state index contributed by atoms with van der Waals surface area (Å²) in [7, 11) is 1.92. The summed E-state index contributed by atoms with van der Waals surface area (Å²) in [5.74, 6) is 1.98. The number of likely N-dealkylation sites (tertiary alicyclic amines) is 1. The third kappa shape index (κ3) is 5.61.